The number of anilines is 1. The van der Waals surface area contributed by atoms with Gasteiger partial charge in [0.05, 0.1) is 18.8 Å². The van der Waals surface area contributed by atoms with Gasteiger partial charge in [-0.15, -0.1) is 0 Å². The van der Waals surface area contributed by atoms with Crippen LogP contribution in [0.15, 0.2) is 18.2 Å². The zero-order chi connectivity index (χ0) is 16.9. The fraction of sp³-hybridized carbons (Fsp3) is 0.611. The van der Waals surface area contributed by atoms with E-state index in [9.17, 15) is 4.79 Å². The summed E-state index contributed by atoms with van der Waals surface area (Å²) in [5.41, 5.74) is 6.97. The van der Waals surface area contributed by atoms with Crippen LogP contribution in [0, 0.1) is 6.92 Å². The van der Waals surface area contributed by atoms with Gasteiger partial charge in [-0.25, -0.2) is 0 Å². The molecule has 1 unspecified atom stereocenters. The van der Waals surface area contributed by atoms with Crippen molar-refractivity contribution in [2.24, 2.45) is 5.73 Å². The fourth-order valence-corrected chi connectivity index (χ4v) is 2.74. The molecule has 1 atom stereocenters. The molecule has 1 heterocycles. The van der Waals surface area contributed by atoms with Crippen molar-refractivity contribution in [2.75, 3.05) is 18.5 Å². The maximum Gasteiger partial charge on any atom is 0.244 e. The van der Waals surface area contributed by atoms with Crippen LogP contribution in [0.5, 0.6) is 5.75 Å². The normalized spacial score (nSPS) is 18.3. The molecule has 1 saturated heterocycles. The highest BCUT2D eigenvalue weighted by Gasteiger charge is 2.27. The molecule has 1 aliphatic rings. The quantitative estimate of drug-likeness (QED) is 0.845. The number of nitrogens with two attached hydrogens (primary N) is 1. The van der Waals surface area contributed by atoms with Gasteiger partial charge < -0.3 is 20.5 Å². The van der Waals surface area contributed by atoms with Crippen LogP contribution in [0.4, 0.5) is 5.69 Å². The van der Waals surface area contributed by atoms with Crippen molar-refractivity contribution < 1.29 is 14.3 Å². The molecule has 0 aromatic heterocycles. The minimum atomic E-state index is -0.847. The highest BCUT2D eigenvalue weighted by molar-refractivity contribution is 5.97. The Morgan fingerprint density at radius 1 is 1.43 bits per heavy atom. The number of carbonyl (C=O) groups excluding carboxylic acids is 1. The van der Waals surface area contributed by atoms with Gasteiger partial charge in [-0.2, -0.15) is 0 Å². The second kappa shape index (κ2) is 7.79. The minimum Gasteiger partial charge on any atom is -0.490 e. The van der Waals surface area contributed by atoms with Crippen LogP contribution in [-0.4, -0.2) is 30.8 Å². The number of aryl methyl sites for hydroxylation is 1. The van der Waals surface area contributed by atoms with Crippen molar-refractivity contribution >= 4 is 11.6 Å². The largest absolute Gasteiger partial charge is 0.490 e. The Balaban J connectivity index is 1.99. The molecule has 1 aliphatic heterocycles. The summed E-state index contributed by atoms with van der Waals surface area (Å²) in [5, 5.41) is 2.90. The Kier molecular flexibility index (Phi) is 6.02. The van der Waals surface area contributed by atoms with Crippen molar-refractivity contribution in [1.82, 2.24) is 0 Å². The molecule has 1 aromatic rings. The standard InChI is InChI=1S/C18H28N2O3/c1-4-9-18(3,19)17(21)20-14-5-6-16(13(2)12-14)23-15-7-10-22-11-8-15/h5-6,12,15H,4,7-11,19H2,1-3H3,(H,20,21). The first kappa shape index (κ1) is 17.8. The lowest BCUT2D eigenvalue weighted by Gasteiger charge is -2.25. The van der Waals surface area contributed by atoms with Crippen molar-refractivity contribution in [3.63, 3.8) is 0 Å². The lowest BCUT2D eigenvalue weighted by molar-refractivity contribution is -0.120. The summed E-state index contributed by atoms with van der Waals surface area (Å²) in [5.74, 6) is 0.704. The van der Waals surface area contributed by atoms with Gasteiger partial charge in [0.2, 0.25) is 5.91 Å². The number of benzene rings is 1. The molecule has 128 valence electrons. The lowest BCUT2D eigenvalue weighted by Crippen LogP contribution is -2.48. The molecule has 0 spiro atoms. The van der Waals surface area contributed by atoms with Crippen LogP contribution in [0.25, 0.3) is 0 Å². The Hall–Kier alpha value is -1.59. The van der Waals surface area contributed by atoms with E-state index in [2.05, 4.69) is 5.32 Å². The van der Waals surface area contributed by atoms with E-state index in [1.165, 1.54) is 0 Å². The summed E-state index contributed by atoms with van der Waals surface area (Å²) < 4.78 is 11.4. The van der Waals surface area contributed by atoms with Crippen LogP contribution < -0.4 is 15.8 Å². The van der Waals surface area contributed by atoms with E-state index in [-0.39, 0.29) is 12.0 Å². The van der Waals surface area contributed by atoms with Gasteiger partial charge in [-0.1, -0.05) is 13.3 Å². The predicted molar refractivity (Wildman–Crippen MR) is 91.8 cm³/mol. The van der Waals surface area contributed by atoms with Gasteiger partial charge in [0.1, 0.15) is 11.9 Å². The zero-order valence-electron chi connectivity index (χ0n) is 14.4. The van der Waals surface area contributed by atoms with E-state index in [1.807, 2.05) is 32.0 Å². The Bertz CT molecular complexity index is 537. The molecular formula is C18H28N2O3. The summed E-state index contributed by atoms with van der Waals surface area (Å²) in [6.07, 6.45) is 3.57. The molecule has 0 bridgehead atoms. The van der Waals surface area contributed by atoms with Crippen molar-refractivity contribution in [3.05, 3.63) is 23.8 Å². The zero-order valence-corrected chi connectivity index (χ0v) is 14.4. The highest BCUT2D eigenvalue weighted by Crippen LogP contribution is 2.25. The summed E-state index contributed by atoms with van der Waals surface area (Å²) in [6, 6.07) is 5.70. The Morgan fingerprint density at radius 2 is 2.13 bits per heavy atom. The molecule has 0 saturated carbocycles. The number of amides is 1. The van der Waals surface area contributed by atoms with Crippen molar-refractivity contribution in [1.29, 1.82) is 0 Å². The summed E-state index contributed by atoms with van der Waals surface area (Å²) >= 11 is 0. The van der Waals surface area contributed by atoms with E-state index in [0.29, 0.717) is 6.42 Å². The van der Waals surface area contributed by atoms with Crippen molar-refractivity contribution in [2.45, 2.75) is 58.1 Å². The summed E-state index contributed by atoms with van der Waals surface area (Å²) in [7, 11) is 0. The van der Waals surface area contributed by atoms with E-state index >= 15 is 0 Å². The van der Waals surface area contributed by atoms with Gasteiger partial charge in [-0.05, 0) is 44.0 Å². The second-order valence-corrected chi connectivity index (χ2v) is 6.53. The number of hydrogen-bond acceptors (Lipinski definition) is 4. The molecule has 0 radical (unpaired) electrons. The van der Waals surface area contributed by atoms with E-state index in [4.69, 9.17) is 15.2 Å². The third kappa shape index (κ3) is 4.94. The highest BCUT2D eigenvalue weighted by atomic mass is 16.5. The molecule has 0 aliphatic carbocycles. The molecule has 3 N–H and O–H groups in total. The van der Waals surface area contributed by atoms with E-state index < -0.39 is 5.54 Å². The summed E-state index contributed by atoms with van der Waals surface area (Å²) in [6.45, 7) is 7.28. The van der Waals surface area contributed by atoms with Gasteiger partial charge >= 0.3 is 0 Å². The third-order valence-electron chi connectivity index (χ3n) is 4.18. The van der Waals surface area contributed by atoms with E-state index in [0.717, 1.165) is 49.5 Å². The molecule has 5 nitrogen and oxygen atoms in total. The minimum absolute atomic E-state index is 0.156. The molecule has 1 fully saturated rings. The van der Waals surface area contributed by atoms with Crippen LogP contribution in [-0.2, 0) is 9.53 Å². The van der Waals surface area contributed by atoms with Crippen LogP contribution in [0.2, 0.25) is 0 Å². The maximum atomic E-state index is 12.3. The number of ether oxygens (including phenoxy) is 2. The molecule has 23 heavy (non-hydrogen) atoms. The molecular weight excluding hydrogens is 292 g/mol. The fourth-order valence-electron chi connectivity index (χ4n) is 2.74. The molecule has 1 aromatic carbocycles. The van der Waals surface area contributed by atoms with Gasteiger partial charge in [-0.3, -0.25) is 4.79 Å². The van der Waals surface area contributed by atoms with Crippen LogP contribution in [0.3, 0.4) is 0 Å². The summed E-state index contributed by atoms with van der Waals surface area (Å²) in [4.78, 5) is 12.3. The maximum absolute atomic E-state index is 12.3. The smallest absolute Gasteiger partial charge is 0.244 e. The number of carbonyl (C=O) groups is 1. The first-order valence-electron chi connectivity index (χ1n) is 8.38. The Labute approximate surface area is 138 Å². The van der Waals surface area contributed by atoms with Crippen LogP contribution >= 0.6 is 0 Å². The van der Waals surface area contributed by atoms with Gasteiger partial charge in [0.15, 0.2) is 0 Å². The first-order valence-corrected chi connectivity index (χ1v) is 8.38. The average molecular weight is 320 g/mol. The third-order valence-corrected chi connectivity index (χ3v) is 4.18. The van der Waals surface area contributed by atoms with Gasteiger partial charge in [0, 0.05) is 18.5 Å². The average Bonchev–Trinajstić information content (AvgIpc) is 2.51. The van der Waals surface area contributed by atoms with Gasteiger partial charge in [0.25, 0.3) is 0 Å². The number of hydrogen-bond donors (Lipinski definition) is 2. The van der Waals surface area contributed by atoms with Crippen LogP contribution in [0.1, 0.15) is 45.1 Å². The number of nitrogens with one attached hydrogen (secondary N) is 1. The Morgan fingerprint density at radius 3 is 2.74 bits per heavy atom. The SMILES string of the molecule is CCCC(C)(N)C(=O)Nc1ccc(OC2CCOCC2)c(C)c1. The van der Waals surface area contributed by atoms with E-state index in [1.54, 1.807) is 6.92 Å². The molecule has 2 rings (SSSR count). The van der Waals surface area contributed by atoms with Crippen molar-refractivity contribution in [3.8, 4) is 5.75 Å². The predicted octanol–water partition coefficient (Wildman–Crippen LogP) is 3.01. The second-order valence-electron chi connectivity index (χ2n) is 6.53. The number of rotatable bonds is 6. The lowest BCUT2D eigenvalue weighted by atomic mass is 9.96. The molecule has 5 heteroatoms. The monoisotopic (exact) mass is 320 g/mol. The molecule has 1 amide bonds. The first-order chi connectivity index (χ1) is 10.9. The topological polar surface area (TPSA) is 73.6 Å².